The summed E-state index contributed by atoms with van der Waals surface area (Å²) in [5, 5.41) is 4.95. The molecule has 0 spiro atoms. The summed E-state index contributed by atoms with van der Waals surface area (Å²) in [6, 6.07) is 13.1. The molecule has 4 aromatic rings. The molecule has 0 N–H and O–H groups in total. The zero-order valence-corrected chi connectivity index (χ0v) is 16.8. The first-order valence-electron chi connectivity index (χ1n) is 10.2. The third-order valence-corrected chi connectivity index (χ3v) is 5.36. The molecule has 1 aromatic carbocycles. The average molecular weight is 415 g/mol. The molecule has 0 saturated carbocycles. The molecule has 8 heteroatoms. The van der Waals surface area contributed by atoms with Gasteiger partial charge in [0.05, 0.1) is 11.6 Å². The molecule has 1 amide bonds. The van der Waals surface area contributed by atoms with Crippen LogP contribution in [0, 0.1) is 0 Å². The number of amides is 1. The number of carbonyl (C=O) groups excluding carboxylic acids is 1. The number of nitrogens with zero attached hydrogens (tertiary/aromatic N) is 5. The lowest BCUT2D eigenvalue weighted by molar-refractivity contribution is -0.00960. The molecule has 1 unspecified atom stereocenters. The molecule has 156 valence electrons. The van der Waals surface area contributed by atoms with E-state index in [2.05, 4.69) is 20.1 Å². The van der Waals surface area contributed by atoms with Crippen molar-refractivity contribution in [2.45, 2.75) is 25.6 Å². The van der Waals surface area contributed by atoms with Crippen molar-refractivity contribution >= 4 is 16.8 Å². The predicted molar refractivity (Wildman–Crippen MR) is 113 cm³/mol. The van der Waals surface area contributed by atoms with Crippen LogP contribution in [0.15, 0.2) is 65.6 Å². The van der Waals surface area contributed by atoms with Gasteiger partial charge in [-0.2, -0.15) is 4.98 Å². The highest BCUT2D eigenvalue weighted by Gasteiger charge is 2.25. The molecule has 1 aliphatic rings. The van der Waals surface area contributed by atoms with E-state index in [0.29, 0.717) is 23.8 Å². The number of pyridine rings is 2. The van der Waals surface area contributed by atoms with E-state index in [4.69, 9.17) is 9.26 Å². The minimum atomic E-state index is -0.0669. The molecule has 31 heavy (non-hydrogen) atoms. The topological polar surface area (TPSA) is 94.2 Å². The lowest BCUT2D eigenvalue weighted by Crippen LogP contribution is -2.43. The van der Waals surface area contributed by atoms with Crippen LogP contribution in [0.2, 0.25) is 0 Å². The van der Waals surface area contributed by atoms with Crippen LogP contribution < -0.4 is 0 Å². The van der Waals surface area contributed by atoms with Gasteiger partial charge in [-0.05, 0) is 49.2 Å². The van der Waals surface area contributed by atoms with Crippen LogP contribution in [0.1, 0.15) is 29.0 Å². The first kappa shape index (κ1) is 19.3. The molecule has 0 bridgehead atoms. The second-order valence-corrected chi connectivity index (χ2v) is 7.49. The van der Waals surface area contributed by atoms with Gasteiger partial charge < -0.3 is 14.2 Å². The normalized spacial score (nSPS) is 16.5. The number of ether oxygens (including phenoxy) is 1. The zero-order valence-electron chi connectivity index (χ0n) is 16.8. The molecule has 4 heterocycles. The maximum atomic E-state index is 13.0. The standard InChI is InChI=1S/C23H21N5O3/c29-23(18-5-6-20-17(13-18)3-1-9-25-20)28-12-2-4-19(14-28)30-15-21-26-22(31-27-21)16-7-10-24-11-8-16/h1,3,5-11,13,19H,2,4,12,14-15H2. The molecule has 0 radical (unpaired) electrons. The Morgan fingerprint density at radius 1 is 1.16 bits per heavy atom. The van der Waals surface area contributed by atoms with Gasteiger partial charge in [-0.1, -0.05) is 11.2 Å². The van der Waals surface area contributed by atoms with Crippen LogP contribution in [-0.4, -0.2) is 50.1 Å². The lowest BCUT2D eigenvalue weighted by atomic mass is 10.1. The van der Waals surface area contributed by atoms with E-state index in [1.54, 1.807) is 18.6 Å². The third kappa shape index (κ3) is 4.29. The van der Waals surface area contributed by atoms with Crippen LogP contribution in [0.4, 0.5) is 0 Å². The van der Waals surface area contributed by atoms with Crippen LogP contribution in [0.25, 0.3) is 22.4 Å². The number of aromatic nitrogens is 4. The van der Waals surface area contributed by atoms with Gasteiger partial charge in [0.1, 0.15) is 6.61 Å². The van der Waals surface area contributed by atoms with E-state index >= 15 is 0 Å². The van der Waals surface area contributed by atoms with E-state index < -0.39 is 0 Å². The Hall–Kier alpha value is -3.65. The largest absolute Gasteiger partial charge is 0.368 e. The van der Waals surface area contributed by atoms with Gasteiger partial charge in [-0.25, -0.2) is 0 Å². The Bertz CT molecular complexity index is 1190. The first-order valence-corrected chi connectivity index (χ1v) is 10.2. The number of hydrogen-bond acceptors (Lipinski definition) is 7. The quantitative estimate of drug-likeness (QED) is 0.492. The number of hydrogen-bond donors (Lipinski definition) is 0. The van der Waals surface area contributed by atoms with Crippen molar-refractivity contribution in [3.05, 3.63) is 72.4 Å². The monoisotopic (exact) mass is 415 g/mol. The van der Waals surface area contributed by atoms with Gasteiger partial charge in [0.25, 0.3) is 11.8 Å². The number of carbonyl (C=O) groups is 1. The Balaban J connectivity index is 1.21. The van der Waals surface area contributed by atoms with E-state index in [0.717, 1.165) is 35.9 Å². The number of fused-ring (bicyclic) bond motifs is 1. The second-order valence-electron chi connectivity index (χ2n) is 7.49. The number of rotatable bonds is 5. The molecule has 3 aromatic heterocycles. The smallest absolute Gasteiger partial charge is 0.258 e. The van der Waals surface area contributed by atoms with Crippen molar-refractivity contribution in [1.29, 1.82) is 0 Å². The fourth-order valence-electron chi connectivity index (χ4n) is 3.77. The summed E-state index contributed by atoms with van der Waals surface area (Å²) in [5.41, 5.74) is 2.36. The van der Waals surface area contributed by atoms with Gasteiger partial charge in [-0.15, -0.1) is 0 Å². The fourth-order valence-corrected chi connectivity index (χ4v) is 3.77. The summed E-state index contributed by atoms with van der Waals surface area (Å²) in [5.74, 6) is 0.933. The number of piperidine rings is 1. The number of likely N-dealkylation sites (tertiary alicyclic amines) is 1. The van der Waals surface area contributed by atoms with E-state index in [9.17, 15) is 4.79 Å². The molecular formula is C23H21N5O3. The van der Waals surface area contributed by atoms with Crippen LogP contribution in [0.3, 0.4) is 0 Å². The molecule has 8 nitrogen and oxygen atoms in total. The molecule has 1 atom stereocenters. The zero-order chi connectivity index (χ0) is 21.0. The minimum absolute atomic E-state index is 0.0126. The predicted octanol–water partition coefficient (Wildman–Crippen LogP) is 3.50. The molecular weight excluding hydrogens is 394 g/mol. The second kappa shape index (κ2) is 8.61. The maximum Gasteiger partial charge on any atom is 0.258 e. The summed E-state index contributed by atoms with van der Waals surface area (Å²) in [4.78, 5) is 27.6. The molecule has 1 aliphatic heterocycles. The summed E-state index contributed by atoms with van der Waals surface area (Å²) in [6.45, 7) is 1.50. The summed E-state index contributed by atoms with van der Waals surface area (Å²) < 4.78 is 11.3. The van der Waals surface area contributed by atoms with E-state index in [1.807, 2.05) is 47.4 Å². The molecule has 0 aliphatic carbocycles. The van der Waals surface area contributed by atoms with E-state index in [1.165, 1.54) is 0 Å². The van der Waals surface area contributed by atoms with Crippen molar-refractivity contribution in [3.8, 4) is 11.5 Å². The van der Waals surface area contributed by atoms with Crippen LogP contribution >= 0.6 is 0 Å². The van der Waals surface area contributed by atoms with Crippen molar-refractivity contribution in [2.24, 2.45) is 0 Å². The summed E-state index contributed by atoms with van der Waals surface area (Å²) in [7, 11) is 0. The van der Waals surface area contributed by atoms with Crippen molar-refractivity contribution in [3.63, 3.8) is 0 Å². The molecule has 5 rings (SSSR count). The van der Waals surface area contributed by atoms with Gasteiger partial charge in [-0.3, -0.25) is 14.8 Å². The van der Waals surface area contributed by atoms with Gasteiger partial charge in [0.2, 0.25) is 0 Å². The van der Waals surface area contributed by atoms with Crippen LogP contribution in [-0.2, 0) is 11.3 Å². The Morgan fingerprint density at radius 2 is 2.06 bits per heavy atom. The van der Waals surface area contributed by atoms with Crippen LogP contribution in [0.5, 0.6) is 0 Å². The Morgan fingerprint density at radius 3 is 2.97 bits per heavy atom. The van der Waals surface area contributed by atoms with Gasteiger partial charge >= 0.3 is 0 Å². The lowest BCUT2D eigenvalue weighted by Gasteiger charge is -2.32. The Labute approximate surface area is 178 Å². The highest BCUT2D eigenvalue weighted by Crippen LogP contribution is 2.20. The number of benzene rings is 1. The fraction of sp³-hybridized carbons (Fsp3) is 0.261. The van der Waals surface area contributed by atoms with E-state index in [-0.39, 0.29) is 18.6 Å². The highest BCUT2D eigenvalue weighted by molar-refractivity contribution is 5.98. The van der Waals surface area contributed by atoms with Gasteiger partial charge in [0.15, 0.2) is 5.82 Å². The van der Waals surface area contributed by atoms with Crippen molar-refractivity contribution < 1.29 is 14.1 Å². The SMILES string of the molecule is O=C(c1ccc2ncccc2c1)N1CCCC(OCc2noc(-c3ccncc3)n2)C1. The van der Waals surface area contributed by atoms with Crippen molar-refractivity contribution in [2.75, 3.05) is 13.1 Å². The molecule has 1 saturated heterocycles. The Kier molecular flexibility index (Phi) is 5.37. The van der Waals surface area contributed by atoms with Crippen molar-refractivity contribution in [1.82, 2.24) is 25.0 Å². The highest BCUT2D eigenvalue weighted by atomic mass is 16.5. The first-order chi connectivity index (χ1) is 15.3. The summed E-state index contributed by atoms with van der Waals surface area (Å²) >= 11 is 0. The third-order valence-electron chi connectivity index (χ3n) is 5.36. The average Bonchev–Trinajstić information content (AvgIpc) is 3.32. The maximum absolute atomic E-state index is 13.0. The summed E-state index contributed by atoms with van der Waals surface area (Å²) in [6.07, 6.45) is 6.81. The van der Waals surface area contributed by atoms with Gasteiger partial charge in [0, 0.05) is 48.2 Å². The molecule has 1 fully saturated rings. The minimum Gasteiger partial charge on any atom is -0.368 e.